The van der Waals surface area contributed by atoms with Gasteiger partial charge in [-0.25, -0.2) is 9.97 Å². The molecule has 0 amide bonds. The summed E-state index contributed by atoms with van der Waals surface area (Å²) in [4.78, 5) is 12.9. The number of nitriles is 1. The Kier molecular flexibility index (Phi) is 8.38. The molecule has 0 fully saturated rings. The highest BCUT2D eigenvalue weighted by Gasteiger charge is 2.50. The van der Waals surface area contributed by atoms with Crippen LogP contribution >= 0.6 is 11.8 Å². The quantitative estimate of drug-likeness (QED) is 0.174. The van der Waals surface area contributed by atoms with Gasteiger partial charge in [0.15, 0.2) is 5.82 Å². The molecule has 288 valence electrons. The number of rotatable bonds is 5. The predicted molar refractivity (Wildman–Crippen MR) is 253 cm³/mol. The van der Waals surface area contributed by atoms with Crippen LogP contribution in [0.2, 0.25) is 0 Å². The molecule has 12 rings (SSSR count). The van der Waals surface area contributed by atoms with Gasteiger partial charge >= 0.3 is 0 Å². The van der Waals surface area contributed by atoms with Gasteiger partial charge in [-0.2, -0.15) is 5.26 Å². The minimum absolute atomic E-state index is 0.592. The van der Waals surface area contributed by atoms with Crippen molar-refractivity contribution in [1.29, 1.82) is 5.26 Å². The van der Waals surface area contributed by atoms with E-state index < -0.39 is 5.41 Å². The lowest BCUT2D eigenvalue weighted by molar-refractivity contribution is 0.723. The number of nitrogens with zero attached hydrogens (tertiary/aromatic N) is 3. The maximum Gasteiger partial charge on any atom is 0.160 e. The molecule has 0 saturated heterocycles. The molecule has 62 heavy (non-hydrogen) atoms. The van der Waals surface area contributed by atoms with Crippen LogP contribution in [-0.2, 0) is 5.41 Å². The Balaban J connectivity index is 1.09. The van der Waals surface area contributed by atoms with E-state index in [0.717, 1.165) is 39.2 Å². The largest absolute Gasteiger partial charge is 0.228 e. The first kappa shape index (κ1) is 36.0. The monoisotopic (exact) mass is 805 g/mol. The van der Waals surface area contributed by atoms with Crippen molar-refractivity contribution in [3.63, 3.8) is 0 Å². The molecular formula is C58H35N3S. The summed E-state index contributed by atoms with van der Waals surface area (Å²) >= 11 is 1.85. The molecule has 0 saturated carbocycles. The minimum atomic E-state index is -0.592. The second-order valence-corrected chi connectivity index (χ2v) is 17.0. The Morgan fingerprint density at radius 3 is 1.65 bits per heavy atom. The van der Waals surface area contributed by atoms with Crippen LogP contribution in [0.3, 0.4) is 0 Å². The Morgan fingerprint density at radius 1 is 0.371 bits per heavy atom. The summed E-state index contributed by atoms with van der Waals surface area (Å²) in [5.74, 6) is 0.702. The lowest BCUT2D eigenvalue weighted by Crippen LogP contribution is -2.32. The molecule has 1 spiro atoms. The van der Waals surface area contributed by atoms with Gasteiger partial charge in [0.05, 0.1) is 28.4 Å². The topological polar surface area (TPSA) is 49.6 Å². The van der Waals surface area contributed by atoms with Crippen LogP contribution in [0.4, 0.5) is 0 Å². The highest BCUT2D eigenvalue weighted by Crippen LogP contribution is 2.63. The highest BCUT2D eigenvalue weighted by molar-refractivity contribution is 7.99. The zero-order chi connectivity index (χ0) is 41.2. The van der Waals surface area contributed by atoms with Crippen LogP contribution in [-0.4, -0.2) is 9.97 Å². The van der Waals surface area contributed by atoms with Crippen molar-refractivity contribution in [3.8, 4) is 73.4 Å². The van der Waals surface area contributed by atoms with Crippen molar-refractivity contribution in [3.05, 3.63) is 240 Å². The van der Waals surface area contributed by atoms with Crippen molar-refractivity contribution in [1.82, 2.24) is 9.97 Å². The van der Waals surface area contributed by atoms with Gasteiger partial charge in [0.25, 0.3) is 0 Å². The van der Waals surface area contributed by atoms with E-state index in [9.17, 15) is 5.26 Å². The number of fused-ring (bicyclic) bond motifs is 10. The smallest absolute Gasteiger partial charge is 0.160 e. The fourth-order valence-electron chi connectivity index (χ4n) is 9.82. The molecule has 0 bridgehead atoms. The third kappa shape index (κ3) is 5.60. The van der Waals surface area contributed by atoms with Crippen molar-refractivity contribution in [2.45, 2.75) is 15.2 Å². The molecule has 1 aliphatic heterocycles. The minimum Gasteiger partial charge on any atom is -0.228 e. The van der Waals surface area contributed by atoms with E-state index in [1.165, 1.54) is 65.1 Å². The fourth-order valence-corrected chi connectivity index (χ4v) is 11.0. The molecule has 0 N–H and O–H groups in total. The summed E-state index contributed by atoms with van der Waals surface area (Å²) in [5, 5.41) is 11.8. The highest BCUT2D eigenvalue weighted by atomic mass is 32.2. The summed E-state index contributed by atoms with van der Waals surface area (Å²) in [6, 6.07) is 78.2. The van der Waals surface area contributed by atoms with Crippen molar-refractivity contribution >= 4 is 22.5 Å². The lowest BCUT2D eigenvalue weighted by Gasteiger charge is -2.40. The van der Waals surface area contributed by atoms with E-state index in [1.807, 2.05) is 60.3 Å². The summed E-state index contributed by atoms with van der Waals surface area (Å²) in [6.07, 6.45) is 0. The third-order valence-electron chi connectivity index (χ3n) is 12.6. The molecule has 3 nitrogen and oxygen atoms in total. The SMILES string of the molecule is N#Cc1ccc(-c2ccc(-c3ccc4c(c3)C3(c5ccccc5Sc5ccc(-c6cc(-c7ccccc7)nc(-c7ccccc7)n6)cc53)c3ccccc3-4)c3ccccc23)cc1. The first-order valence-corrected chi connectivity index (χ1v) is 21.7. The Morgan fingerprint density at radius 2 is 0.903 bits per heavy atom. The van der Waals surface area contributed by atoms with Gasteiger partial charge in [-0.15, -0.1) is 0 Å². The van der Waals surface area contributed by atoms with Crippen LogP contribution in [0.15, 0.2) is 222 Å². The fraction of sp³-hybridized carbons (Fsp3) is 0.0172. The summed E-state index contributed by atoms with van der Waals surface area (Å²) < 4.78 is 0. The van der Waals surface area contributed by atoms with E-state index in [0.29, 0.717) is 11.4 Å². The first-order valence-electron chi connectivity index (χ1n) is 20.9. The molecule has 1 atom stereocenters. The van der Waals surface area contributed by atoms with Crippen LogP contribution in [0, 0.1) is 11.3 Å². The number of aromatic nitrogens is 2. The van der Waals surface area contributed by atoms with E-state index in [2.05, 4.69) is 170 Å². The Bertz CT molecular complexity index is 3390. The average molecular weight is 806 g/mol. The summed E-state index contributed by atoms with van der Waals surface area (Å²) in [6.45, 7) is 0. The van der Waals surface area contributed by atoms with E-state index in [-0.39, 0.29) is 0 Å². The molecule has 9 aromatic carbocycles. The predicted octanol–water partition coefficient (Wildman–Crippen LogP) is 14.7. The molecule has 1 aliphatic carbocycles. The first-order chi connectivity index (χ1) is 30.7. The molecule has 2 heterocycles. The summed E-state index contributed by atoms with van der Waals surface area (Å²) in [7, 11) is 0. The maximum absolute atomic E-state index is 9.47. The van der Waals surface area contributed by atoms with Crippen LogP contribution in [0.1, 0.15) is 27.8 Å². The molecule has 1 unspecified atom stereocenters. The normalized spacial score (nSPS) is 14.4. The number of hydrogen-bond donors (Lipinski definition) is 0. The van der Waals surface area contributed by atoms with Gasteiger partial charge < -0.3 is 0 Å². The van der Waals surface area contributed by atoms with Crippen molar-refractivity contribution in [2.24, 2.45) is 0 Å². The van der Waals surface area contributed by atoms with Gasteiger partial charge in [0.1, 0.15) is 0 Å². The van der Waals surface area contributed by atoms with E-state index >= 15 is 0 Å². The standard InChI is InChI=1S/C58H35N3S/c59-36-37-23-25-38(26-24-37)43-30-31-44(46-18-8-7-17-45(43)46)41-27-29-48-47-19-9-10-20-49(47)58(51(48)33-41)50-21-11-12-22-55(50)62-56-32-28-42(34-52(56)58)54-35-53(39-13-3-1-4-14-39)60-57(61-54)40-15-5-2-6-16-40/h1-35H. The summed E-state index contributed by atoms with van der Waals surface area (Å²) in [5.41, 5.74) is 17.1. The van der Waals surface area contributed by atoms with Gasteiger partial charge in [0, 0.05) is 26.5 Å². The van der Waals surface area contributed by atoms with Crippen molar-refractivity contribution in [2.75, 3.05) is 0 Å². The van der Waals surface area contributed by atoms with Crippen LogP contribution in [0.25, 0.3) is 78.1 Å². The Labute approximate surface area is 364 Å². The lowest BCUT2D eigenvalue weighted by atomic mass is 9.66. The van der Waals surface area contributed by atoms with Gasteiger partial charge in [-0.05, 0) is 109 Å². The zero-order valence-electron chi connectivity index (χ0n) is 33.5. The van der Waals surface area contributed by atoms with E-state index in [4.69, 9.17) is 9.97 Å². The molecule has 10 aromatic rings. The van der Waals surface area contributed by atoms with Crippen LogP contribution in [0.5, 0.6) is 0 Å². The second-order valence-electron chi connectivity index (χ2n) is 16.0. The van der Waals surface area contributed by atoms with Gasteiger partial charge in [0.2, 0.25) is 0 Å². The molecule has 2 aliphatic rings. The van der Waals surface area contributed by atoms with Crippen LogP contribution < -0.4 is 0 Å². The van der Waals surface area contributed by atoms with Crippen molar-refractivity contribution < 1.29 is 0 Å². The maximum atomic E-state index is 9.47. The molecule has 1 aromatic heterocycles. The molecule has 4 heteroatoms. The average Bonchev–Trinajstić information content (AvgIpc) is 3.64. The van der Waals surface area contributed by atoms with Gasteiger partial charge in [-0.3, -0.25) is 0 Å². The number of hydrogen-bond acceptors (Lipinski definition) is 4. The number of benzene rings is 9. The Hall–Kier alpha value is -7.84. The van der Waals surface area contributed by atoms with Gasteiger partial charge in [-0.1, -0.05) is 182 Å². The van der Waals surface area contributed by atoms with E-state index in [1.54, 1.807) is 0 Å². The second kappa shape index (κ2) is 14.4. The zero-order valence-corrected chi connectivity index (χ0v) is 34.3. The molecular weight excluding hydrogens is 771 g/mol. The molecule has 0 radical (unpaired) electrons. The third-order valence-corrected chi connectivity index (χ3v) is 13.8.